The van der Waals surface area contributed by atoms with E-state index in [2.05, 4.69) is 10.5 Å². The van der Waals surface area contributed by atoms with Crippen LogP contribution >= 0.6 is 11.8 Å². The Labute approximate surface area is 91.4 Å². The zero-order valence-corrected chi connectivity index (χ0v) is 8.91. The molecular weight excluding hydrogens is 212 g/mol. The van der Waals surface area contributed by atoms with E-state index in [1.165, 1.54) is 11.8 Å². The Morgan fingerprint density at radius 1 is 1.47 bits per heavy atom. The molecule has 1 aromatic rings. The van der Waals surface area contributed by atoms with E-state index in [9.17, 15) is 4.79 Å². The second-order valence-electron chi connectivity index (χ2n) is 3.34. The first kappa shape index (κ1) is 10.0. The third-order valence-corrected chi connectivity index (χ3v) is 3.29. The number of nitrogens with zero attached hydrogens (tertiary/aromatic N) is 1. The summed E-state index contributed by atoms with van der Waals surface area (Å²) < 4.78 is 0. The lowest BCUT2D eigenvalue weighted by Crippen LogP contribution is -2.40. The Balaban J connectivity index is 2.21. The van der Waals surface area contributed by atoms with Crippen LogP contribution in [0.5, 0.6) is 0 Å². The summed E-state index contributed by atoms with van der Waals surface area (Å²) in [5, 5.41) is 13.7. The van der Waals surface area contributed by atoms with Crippen LogP contribution < -0.4 is 5.43 Å². The molecule has 2 rings (SSSR count). The topological polar surface area (TPSA) is 61.7 Å². The maximum Gasteiger partial charge on any atom is 0.341 e. The number of carboxylic acid groups (broad SMARTS) is 1. The average molecular weight is 222 g/mol. The summed E-state index contributed by atoms with van der Waals surface area (Å²) in [4.78, 5) is 9.89. The van der Waals surface area contributed by atoms with Gasteiger partial charge in [0.05, 0.1) is 0 Å². The van der Waals surface area contributed by atoms with Crippen molar-refractivity contribution in [2.75, 3.05) is 0 Å². The van der Waals surface area contributed by atoms with Crippen molar-refractivity contribution in [2.45, 2.75) is 11.8 Å². The highest BCUT2D eigenvalue weighted by molar-refractivity contribution is 8.16. The zero-order valence-electron chi connectivity index (χ0n) is 8.10. The van der Waals surface area contributed by atoms with Crippen molar-refractivity contribution in [2.24, 2.45) is 5.10 Å². The highest BCUT2D eigenvalue weighted by atomic mass is 32.2. The van der Waals surface area contributed by atoms with Gasteiger partial charge in [0.2, 0.25) is 0 Å². The van der Waals surface area contributed by atoms with Crippen LogP contribution in [0.1, 0.15) is 12.5 Å². The third kappa shape index (κ3) is 1.83. The summed E-state index contributed by atoms with van der Waals surface area (Å²) in [5.74, 6) is -0.915. The van der Waals surface area contributed by atoms with Crippen molar-refractivity contribution in [3.05, 3.63) is 35.9 Å². The minimum atomic E-state index is -1.05. The van der Waals surface area contributed by atoms with Gasteiger partial charge in [-0.15, -0.1) is 0 Å². The van der Waals surface area contributed by atoms with Gasteiger partial charge < -0.3 is 5.11 Å². The Morgan fingerprint density at radius 2 is 2.13 bits per heavy atom. The highest BCUT2D eigenvalue weighted by Gasteiger charge is 2.40. The van der Waals surface area contributed by atoms with Crippen LogP contribution in [-0.4, -0.2) is 21.0 Å². The van der Waals surface area contributed by atoms with E-state index in [0.29, 0.717) is 5.04 Å². The average Bonchev–Trinajstić information content (AvgIpc) is 2.64. The second kappa shape index (κ2) is 3.58. The van der Waals surface area contributed by atoms with Crippen LogP contribution in [0, 0.1) is 0 Å². The Morgan fingerprint density at radius 3 is 2.67 bits per heavy atom. The lowest BCUT2D eigenvalue weighted by molar-refractivity contribution is -0.140. The number of hydrogen-bond acceptors (Lipinski definition) is 4. The maximum absolute atomic E-state index is 10.9. The van der Waals surface area contributed by atoms with Crippen LogP contribution in [0.2, 0.25) is 0 Å². The first-order valence-electron chi connectivity index (χ1n) is 4.44. The molecule has 1 heterocycles. The fraction of sp³-hybridized carbons (Fsp3) is 0.200. The molecule has 1 aliphatic heterocycles. The molecule has 0 bridgehead atoms. The molecule has 0 amide bonds. The van der Waals surface area contributed by atoms with E-state index < -0.39 is 10.8 Å². The van der Waals surface area contributed by atoms with Crippen molar-refractivity contribution >= 4 is 22.8 Å². The maximum atomic E-state index is 10.9. The van der Waals surface area contributed by atoms with Crippen LogP contribution in [0.3, 0.4) is 0 Å². The SMILES string of the molecule is CC1(C(=O)O)NN=C(c2ccccc2)S1. The number of carboxylic acids is 1. The van der Waals surface area contributed by atoms with Crippen molar-refractivity contribution in [1.82, 2.24) is 5.43 Å². The molecule has 4 nitrogen and oxygen atoms in total. The van der Waals surface area contributed by atoms with Gasteiger partial charge in [0.25, 0.3) is 0 Å². The third-order valence-electron chi connectivity index (χ3n) is 2.10. The number of thioether (sulfide) groups is 1. The van der Waals surface area contributed by atoms with E-state index in [0.717, 1.165) is 5.56 Å². The molecule has 0 saturated heterocycles. The molecule has 0 spiro atoms. The van der Waals surface area contributed by atoms with Gasteiger partial charge in [-0.1, -0.05) is 42.1 Å². The van der Waals surface area contributed by atoms with Crippen molar-refractivity contribution in [1.29, 1.82) is 0 Å². The van der Waals surface area contributed by atoms with Crippen LogP contribution in [0.4, 0.5) is 0 Å². The molecule has 15 heavy (non-hydrogen) atoms. The van der Waals surface area contributed by atoms with Gasteiger partial charge in [-0.3, -0.25) is 5.43 Å². The van der Waals surface area contributed by atoms with Gasteiger partial charge in [-0.25, -0.2) is 4.79 Å². The van der Waals surface area contributed by atoms with E-state index in [-0.39, 0.29) is 0 Å². The second-order valence-corrected chi connectivity index (χ2v) is 4.74. The number of aliphatic carboxylic acids is 1. The highest BCUT2D eigenvalue weighted by Crippen LogP contribution is 2.31. The summed E-state index contributed by atoms with van der Waals surface area (Å²) in [6, 6.07) is 9.51. The predicted molar refractivity (Wildman–Crippen MR) is 59.7 cm³/mol. The summed E-state index contributed by atoms with van der Waals surface area (Å²) in [6.07, 6.45) is 0. The molecule has 1 atom stereocenters. The molecule has 1 aliphatic rings. The van der Waals surface area contributed by atoms with E-state index in [1.807, 2.05) is 30.3 Å². The lowest BCUT2D eigenvalue weighted by atomic mass is 10.2. The fourth-order valence-corrected chi connectivity index (χ4v) is 2.10. The van der Waals surface area contributed by atoms with Crippen molar-refractivity contribution < 1.29 is 9.90 Å². The largest absolute Gasteiger partial charge is 0.479 e. The quantitative estimate of drug-likeness (QED) is 0.795. The Hall–Kier alpha value is -1.49. The molecule has 0 aliphatic carbocycles. The molecular formula is C10H10N2O2S. The Kier molecular flexibility index (Phi) is 2.40. The van der Waals surface area contributed by atoms with Crippen LogP contribution in [0.25, 0.3) is 0 Å². The lowest BCUT2D eigenvalue weighted by Gasteiger charge is -2.15. The molecule has 5 heteroatoms. The zero-order chi connectivity index (χ0) is 10.9. The summed E-state index contributed by atoms with van der Waals surface area (Å²) in [7, 11) is 0. The molecule has 1 aromatic carbocycles. The first-order valence-corrected chi connectivity index (χ1v) is 5.26. The van der Waals surface area contributed by atoms with Gasteiger partial charge >= 0.3 is 5.97 Å². The number of hydrazone groups is 1. The van der Waals surface area contributed by atoms with Gasteiger partial charge in [0.15, 0.2) is 4.87 Å². The number of nitrogens with one attached hydrogen (secondary N) is 1. The van der Waals surface area contributed by atoms with Crippen molar-refractivity contribution in [3.63, 3.8) is 0 Å². The van der Waals surface area contributed by atoms with Gasteiger partial charge in [-0.05, 0) is 6.92 Å². The molecule has 2 N–H and O–H groups in total. The van der Waals surface area contributed by atoms with Gasteiger partial charge in [0.1, 0.15) is 5.04 Å². The summed E-state index contributed by atoms with van der Waals surface area (Å²) in [6.45, 7) is 1.60. The number of carbonyl (C=O) groups is 1. The number of benzene rings is 1. The predicted octanol–water partition coefficient (Wildman–Crippen LogP) is 1.49. The molecule has 0 fully saturated rings. The number of rotatable bonds is 2. The molecule has 1 unspecified atom stereocenters. The van der Waals surface area contributed by atoms with E-state index in [4.69, 9.17) is 5.11 Å². The van der Waals surface area contributed by atoms with Crippen molar-refractivity contribution in [3.8, 4) is 0 Å². The summed E-state index contributed by atoms with van der Waals surface area (Å²) in [5.41, 5.74) is 3.56. The molecule has 0 saturated carbocycles. The van der Waals surface area contributed by atoms with E-state index in [1.54, 1.807) is 6.92 Å². The number of hydrogen-bond donors (Lipinski definition) is 2. The smallest absolute Gasteiger partial charge is 0.341 e. The van der Waals surface area contributed by atoms with Gasteiger partial charge in [0, 0.05) is 5.56 Å². The monoisotopic (exact) mass is 222 g/mol. The first-order chi connectivity index (χ1) is 7.12. The molecule has 0 aromatic heterocycles. The van der Waals surface area contributed by atoms with Crippen LogP contribution in [0.15, 0.2) is 35.4 Å². The summed E-state index contributed by atoms with van der Waals surface area (Å²) >= 11 is 1.21. The molecule has 78 valence electrons. The van der Waals surface area contributed by atoms with Crippen LogP contribution in [-0.2, 0) is 4.79 Å². The minimum Gasteiger partial charge on any atom is -0.479 e. The van der Waals surface area contributed by atoms with Gasteiger partial charge in [-0.2, -0.15) is 5.10 Å². The Bertz CT molecular complexity index is 419. The normalized spacial score (nSPS) is 24.5. The minimum absolute atomic E-state index is 0.709. The molecule has 0 radical (unpaired) electrons. The van der Waals surface area contributed by atoms with E-state index >= 15 is 0 Å². The standard InChI is InChI=1S/C10H10N2O2S/c1-10(9(13)14)12-11-8(15-10)7-5-3-2-4-6-7/h2-6,12H,1H3,(H,13,14). The fourth-order valence-electron chi connectivity index (χ4n) is 1.19.